The minimum absolute atomic E-state index is 0.0528. The van der Waals surface area contributed by atoms with Crippen molar-refractivity contribution in [3.8, 4) is 0 Å². The number of para-hydroxylation sites is 1. The van der Waals surface area contributed by atoms with Crippen molar-refractivity contribution in [2.24, 2.45) is 21.6 Å². The Kier molecular flexibility index (Phi) is 4.77. The molecule has 0 atom stereocenters. The molecule has 0 heterocycles. The van der Waals surface area contributed by atoms with E-state index in [1.807, 2.05) is 30.3 Å². The van der Waals surface area contributed by atoms with E-state index in [1.54, 1.807) is 0 Å². The molecule has 0 amide bonds. The van der Waals surface area contributed by atoms with Gasteiger partial charge in [-0.25, -0.2) is 0 Å². The summed E-state index contributed by atoms with van der Waals surface area (Å²) in [6.07, 6.45) is 0. The van der Waals surface area contributed by atoms with Crippen molar-refractivity contribution in [1.82, 2.24) is 0 Å². The molecule has 92 valence electrons. The van der Waals surface area contributed by atoms with Gasteiger partial charge in [0.05, 0.1) is 12.8 Å². The van der Waals surface area contributed by atoms with Crippen molar-refractivity contribution in [3.63, 3.8) is 0 Å². The monoisotopic (exact) mass is 237 g/mol. The number of hydrogen-bond donors (Lipinski definition) is 2. The summed E-state index contributed by atoms with van der Waals surface area (Å²) in [4.78, 5) is 13.4. The van der Waals surface area contributed by atoms with Gasteiger partial charge in [-0.05, 0) is 17.3 Å². The number of hydroxylamine groups is 1. The van der Waals surface area contributed by atoms with Crippen molar-refractivity contribution in [3.05, 3.63) is 30.3 Å². The van der Waals surface area contributed by atoms with Gasteiger partial charge in [-0.3, -0.25) is 4.84 Å². The van der Waals surface area contributed by atoms with Crippen LogP contribution in [0.2, 0.25) is 0 Å². The zero-order chi connectivity index (χ0) is 12.7. The SMILES string of the molecule is CON=C(N)N=C(N)N(OC)c1ccccc1. The van der Waals surface area contributed by atoms with Crippen LogP contribution in [-0.4, -0.2) is 26.1 Å². The lowest BCUT2D eigenvalue weighted by molar-refractivity contribution is 0.208. The van der Waals surface area contributed by atoms with Crippen LogP contribution in [0.4, 0.5) is 5.69 Å². The third-order valence-electron chi connectivity index (χ3n) is 1.80. The minimum atomic E-state index is -0.0945. The highest BCUT2D eigenvalue weighted by atomic mass is 16.7. The van der Waals surface area contributed by atoms with Crippen LogP contribution in [0, 0.1) is 0 Å². The van der Waals surface area contributed by atoms with Gasteiger partial charge in [0.1, 0.15) is 7.11 Å². The predicted molar refractivity (Wildman–Crippen MR) is 66.2 cm³/mol. The van der Waals surface area contributed by atoms with Gasteiger partial charge in [-0.15, -0.1) is 0 Å². The van der Waals surface area contributed by atoms with Crippen LogP contribution in [0.25, 0.3) is 0 Å². The Bertz CT molecular complexity index is 404. The topological polar surface area (TPSA) is 98.5 Å². The normalized spacial score (nSPS) is 12.4. The second-order valence-electron chi connectivity index (χ2n) is 2.91. The lowest BCUT2D eigenvalue weighted by Crippen LogP contribution is -2.38. The van der Waals surface area contributed by atoms with Gasteiger partial charge in [0, 0.05) is 0 Å². The Balaban J connectivity index is 2.92. The molecule has 0 aliphatic heterocycles. The molecule has 1 aromatic carbocycles. The van der Waals surface area contributed by atoms with Crippen LogP contribution in [0.5, 0.6) is 0 Å². The van der Waals surface area contributed by atoms with Gasteiger partial charge in [-0.1, -0.05) is 18.2 Å². The molecule has 0 aliphatic carbocycles. The summed E-state index contributed by atoms with van der Waals surface area (Å²) < 4.78 is 0. The Hall–Kier alpha value is -2.28. The van der Waals surface area contributed by atoms with Crippen molar-refractivity contribution < 1.29 is 9.68 Å². The zero-order valence-corrected chi connectivity index (χ0v) is 9.70. The van der Waals surface area contributed by atoms with Crippen LogP contribution in [-0.2, 0) is 9.68 Å². The Morgan fingerprint density at radius 3 is 2.35 bits per heavy atom. The number of guanidine groups is 2. The number of hydrogen-bond acceptors (Lipinski definition) is 3. The highest BCUT2D eigenvalue weighted by molar-refractivity contribution is 6.00. The number of nitrogens with two attached hydrogens (primary N) is 2. The number of nitrogens with zero attached hydrogens (tertiary/aromatic N) is 3. The summed E-state index contributed by atoms with van der Waals surface area (Å²) in [5.74, 6) is -0.0417. The molecule has 17 heavy (non-hydrogen) atoms. The molecule has 0 aromatic heterocycles. The first-order valence-electron chi connectivity index (χ1n) is 4.79. The first-order chi connectivity index (χ1) is 8.19. The molecule has 0 radical (unpaired) electrons. The van der Waals surface area contributed by atoms with Gasteiger partial charge in [0.2, 0.25) is 5.96 Å². The van der Waals surface area contributed by atoms with Gasteiger partial charge >= 0.3 is 0 Å². The quantitative estimate of drug-likeness (QED) is 0.446. The fraction of sp³-hybridized carbons (Fsp3) is 0.200. The first-order valence-corrected chi connectivity index (χ1v) is 4.79. The van der Waals surface area contributed by atoms with Gasteiger partial charge in [0.15, 0.2) is 0 Å². The minimum Gasteiger partial charge on any atom is -0.396 e. The maximum atomic E-state index is 5.73. The third-order valence-corrected chi connectivity index (χ3v) is 1.80. The molecule has 0 bridgehead atoms. The van der Waals surface area contributed by atoms with E-state index in [1.165, 1.54) is 19.3 Å². The molecule has 1 aromatic rings. The van der Waals surface area contributed by atoms with Crippen LogP contribution in [0.15, 0.2) is 40.5 Å². The predicted octanol–water partition coefficient (Wildman–Crippen LogP) is 0.245. The average Bonchev–Trinajstić information content (AvgIpc) is 2.31. The maximum Gasteiger partial charge on any atom is 0.260 e. The Morgan fingerprint density at radius 1 is 1.18 bits per heavy atom. The molecule has 0 spiro atoms. The Labute approximate surface area is 99.3 Å². The molecule has 7 nitrogen and oxygen atoms in total. The number of aliphatic imine (C=N–C) groups is 1. The summed E-state index contributed by atoms with van der Waals surface area (Å²) in [6.45, 7) is 0. The molecule has 0 aliphatic rings. The lowest BCUT2D eigenvalue weighted by atomic mass is 10.3. The van der Waals surface area contributed by atoms with Gasteiger partial charge in [-0.2, -0.15) is 10.1 Å². The molecular weight excluding hydrogens is 222 g/mol. The molecule has 0 unspecified atom stereocenters. The van der Waals surface area contributed by atoms with E-state index in [0.29, 0.717) is 0 Å². The number of rotatable bonds is 3. The van der Waals surface area contributed by atoms with Crippen LogP contribution in [0.1, 0.15) is 0 Å². The summed E-state index contributed by atoms with van der Waals surface area (Å²) >= 11 is 0. The Morgan fingerprint density at radius 2 is 1.82 bits per heavy atom. The molecule has 1 rings (SSSR count). The van der Waals surface area contributed by atoms with Crippen LogP contribution in [0.3, 0.4) is 0 Å². The van der Waals surface area contributed by atoms with E-state index in [2.05, 4.69) is 15.0 Å². The second kappa shape index (κ2) is 6.33. The smallest absolute Gasteiger partial charge is 0.260 e. The average molecular weight is 237 g/mol. The number of anilines is 1. The van der Waals surface area contributed by atoms with Crippen molar-refractivity contribution in [1.29, 1.82) is 0 Å². The highest BCUT2D eigenvalue weighted by Gasteiger charge is 2.10. The van der Waals surface area contributed by atoms with E-state index < -0.39 is 0 Å². The largest absolute Gasteiger partial charge is 0.396 e. The summed E-state index contributed by atoms with van der Waals surface area (Å²) in [7, 11) is 2.84. The third kappa shape index (κ3) is 3.65. The van der Waals surface area contributed by atoms with E-state index in [9.17, 15) is 0 Å². The zero-order valence-electron chi connectivity index (χ0n) is 9.70. The second-order valence-corrected chi connectivity index (χ2v) is 2.91. The van der Waals surface area contributed by atoms with E-state index in [4.69, 9.17) is 16.3 Å². The highest BCUT2D eigenvalue weighted by Crippen LogP contribution is 2.12. The summed E-state index contributed by atoms with van der Waals surface area (Å²) in [5.41, 5.74) is 11.9. The van der Waals surface area contributed by atoms with Gasteiger partial charge < -0.3 is 16.3 Å². The fourth-order valence-electron chi connectivity index (χ4n) is 1.17. The van der Waals surface area contributed by atoms with Crippen molar-refractivity contribution in [2.45, 2.75) is 0 Å². The molecule has 0 saturated carbocycles. The molecule has 7 heteroatoms. The number of benzene rings is 1. The summed E-state index contributed by atoms with van der Waals surface area (Å²) in [5, 5.41) is 4.74. The van der Waals surface area contributed by atoms with Crippen molar-refractivity contribution >= 4 is 17.6 Å². The fourth-order valence-corrected chi connectivity index (χ4v) is 1.17. The standard InChI is InChI=1S/C10H15N5O2/c1-16-14-9(11)13-10(12)15(17-2)8-6-4-3-5-7-8/h3-7H,1-2H3,(H4,11,12,13,14). The van der Waals surface area contributed by atoms with Crippen molar-refractivity contribution in [2.75, 3.05) is 19.3 Å². The van der Waals surface area contributed by atoms with E-state index in [-0.39, 0.29) is 11.9 Å². The van der Waals surface area contributed by atoms with E-state index in [0.717, 1.165) is 5.69 Å². The molecule has 0 fully saturated rings. The molecule has 0 saturated heterocycles. The summed E-state index contributed by atoms with van der Waals surface area (Å²) in [6, 6.07) is 9.21. The first kappa shape index (κ1) is 12.8. The van der Waals surface area contributed by atoms with Crippen LogP contribution < -0.4 is 16.5 Å². The lowest BCUT2D eigenvalue weighted by Gasteiger charge is -2.19. The van der Waals surface area contributed by atoms with E-state index >= 15 is 0 Å². The number of oxime groups is 1. The maximum absolute atomic E-state index is 5.73. The van der Waals surface area contributed by atoms with Gasteiger partial charge in [0.25, 0.3) is 5.96 Å². The molecular formula is C10H15N5O2. The molecule has 4 N–H and O–H groups in total. The van der Waals surface area contributed by atoms with Crippen LogP contribution >= 0.6 is 0 Å².